The van der Waals surface area contributed by atoms with Gasteiger partial charge in [0.1, 0.15) is 0 Å². The van der Waals surface area contributed by atoms with Gasteiger partial charge in [-0.05, 0) is 39.3 Å². The van der Waals surface area contributed by atoms with Gasteiger partial charge < -0.3 is 10.3 Å². The number of hydrogen-bond donors (Lipinski definition) is 2. The van der Waals surface area contributed by atoms with Gasteiger partial charge >= 0.3 is 0 Å². The molecule has 0 bridgehead atoms. The summed E-state index contributed by atoms with van der Waals surface area (Å²) < 4.78 is 26.7. The summed E-state index contributed by atoms with van der Waals surface area (Å²) in [6, 6.07) is 1.69. The van der Waals surface area contributed by atoms with Crippen molar-refractivity contribution in [2.45, 2.75) is 58.0 Å². The molecule has 1 aromatic rings. The van der Waals surface area contributed by atoms with Gasteiger partial charge in [-0.1, -0.05) is 13.8 Å². The molecule has 20 heavy (non-hydrogen) atoms. The second kappa shape index (κ2) is 7.81. The first-order valence-corrected chi connectivity index (χ1v) is 8.77. The van der Waals surface area contributed by atoms with Gasteiger partial charge in [0.2, 0.25) is 10.0 Å². The summed E-state index contributed by atoms with van der Waals surface area (Å²) in [5, 5.41) is 3.25. The molecular weight excluding hydrogens is 274 g/mol. The van der Waals surface area contributed by atoms with Crippen molar-refractivity contribution >= 4 is 10.0 Å². The average Bonchev–Trinajstić information content (AvgIpc) is 2.85. The summed E-state index contributed by atoms with van der Waals surface area (Å²) in [5.41, 5.74) is 0.900. The van der Waals surface area contributed by atoms with Gasteiger partial charge in [0.15, 0.2) is 0 Å². The van der Waals surface area contributed by atoms with Crippen LogP contribution in [0.2, 0.25) is 0 Å². The normalized spacial score (nSPS) is 12.5. The molecule has 0 fully saturated rings. The minimum atomic E-state index is -3.40. The molecule has 116 valence electrons. The van der Waals surface area contributed by atoms with E-state index in [0.717, 1.165) is 25.1 Å². The lowest BCUT2D eigenvalue weighted by molar-refractivity contribution is 0.354. The Morgan fingerprint density at radius 2 is 2.00 bits per heavy atom. The molecule has 0 spiro atoms. The predicted molar refractivity (Wildman–Crippen MR) is 82.1 cm³/mol. The first-order chi connectivity index (χ1) is 9.43. The third-order valence-corrected chi connectivity index (χ3v) is 5.14. The molecule has 5 nitrogen and oxygen atoms in total. The second-order valence-electron chi connectivity index (χ2n) is 5.25. The Bertz CT molecular complexity index is 494. The van der Waals surface area contributed by atoms with E-state index < -0.39 is 10.0 Å². The van der Waals surface area contributed by atoms with Crippen LogP contribution in [0.15, 0.2) is 17.2 Å². The fourth-order valence-corrected chi connectivity index (χ4v) is 3.83. The Labute approximate surface area is 122 Å². The molecule has 0 saturated carbocycles. The van der Waals surface area contributed by atoms with Crippen LogP contribution in [0.5, 0.6) is 0 Å². The van der Waals surface area contributed by atoms with Gasteiger partial charge in [0.25, 0.3) is 0 Å². The Kier molecular flexibility index (Phi) is 6.71. The Morgan fingerprint density at radius 1 is 1.30 bits per heavy atom. The zero-order valence-corrected chi connectivity index (χ0v) is 13.8. The number of sulfonamides is 1. The van der Waals surface area contributed by atoms with E-state index >= 15 is 0 Å². The van der Waals surface area contributed by atoms with Crippen LogP contribution in [0.3, 0.4) is 0 Å². The molecule has 2 N–H and O–H groups in total. The number of H-pyrrole nitrogens is 1. The fourth-order valence-electron chi connectivity index (χ4n) is 2.08. The Hall–Kier alpha value is -0.850. The van der Waals surface area contributed by atoms with Gasteiger partial charge in [-0.25, -0.2) is 8.42 Å². The maximum absolute atomic E-state index is 12.6. The van der Waals surface area contributed by atoms with E-state index in [9.17, 15) is 8.42 Å². The van der Waals surface area contributed by atoms with Crippen LogP contribution >= 0.6 is 0 Å². The van der Waals surface area contributed by atoms with Crippen LogP contribution in [0, 0.1) is 0 Å². The van der Waals surface area contributed by atoms with Crippen molar-refractivity contribution in [3.63, 3.8) is 0 Å². The van der Waals surface area contributed by atoms with Gasteiger partial charge in [0, 0.05) is 31.0 Å². The summed E-state index contributed by atoms with van der Waals surface area (Å²) in [6.07, 6.45) is 3.46. The van der Waals surface area contributed by atoms with E-state index in [0.29, 0.717) is 18.0 Å². The lowest BCUT2D eigenvalue weighted by Crippen LogP contribution is -2.37. The first-order valence-electron chi connectivity index (χ1n) is 7.33. The standard InChI is InChI=1S/C14H27N3O2S/c1-5-7-15-10-13-9-14(11-16-13)20(18,19)17(8-6-2)12(3)4/h9,11-12,15-16H,5-8,10H2,1-4H3. The SMILES string of the molecule is CCCNCc1cc(S(=O)(=O)N(CCC)C(C)C)c[nH]1. The number of rotatable bonds is 9. The predicted octanol–water partition coefficient (Wildman–Crippen LogP) is 2.32. The summed E-state index contributed by atoms with van der Waals surface area (Å²) in [6.45, 7) is 10.0. The molecule has 0 amide bonds. The molecule has 0 unspecified atom stereocenters. The summed E-state index contributed by atoms with van der Waals surface area (Å²) in [5.74, 6) is 0. The monoisotopic (exact) mass is 301 g/mol. The van der Waals surface area contributed by atoms with Crippen molar-refractivity contribution in [3.8, 4) is 0 Å². The average molecular weight is 301 g/mol. The highest BCUT2D eigenvalue weighted by molar-refractivity contribution is 7.89. The molecule has 0 saturated heterocycles. The summed E-state index contributed by atoms with van der Waals surface area (Å²) in [4.78, 5) is 3.39. The van der Waals surface area contributed by atoms with Crippen molar-refractivity contribution in [2.75, 3.05) is 13.1 Å². The maximum atomic E-state index is 12.6. The third kappa shape index (κ3) is 4.33. The number of hydrogen-bond acceptors (Lipinski definition) is 3. The van der Waals surface area contributed by atoms with E-state index in [1.807, 2.05) is 20.8 Å². The molecule has 6 heteroatoms. The number of nitrogens with one attached hydrogen (secondary N) is 2. The zero-order chi connectivity index (χ0) is 15.2. The van der Waals surface area contributed by atoms with Gasteiger partial charge in [-0.3, -0.25) is 0 Å². The van der Waals surface area contributed by atoms with E-state index in [2.05, 4.69) is 17.2 Å². The van der Waals surface area contributed by atoms with Crippen molar-refractivity contribution in [1.29, 1.82) is 0 Å². The van der Waals surface area contributed by atoms with Crippen LogP contribution in [0.4, 0.5) is 0 Å². The topological polar surface area (TPSA) is 65.2 Å². The molecule has 1 heterocycles. The minimum absolute atomic E-state index is 0.0310. The van der Waals surface area contributed by atoms with E-state index in [1.165, 1.54) is 0 Å². The highest BCUT2D eigenvalue weighted by atomic mass is 32.2. The highest BCUT2D eigenvalue weighted by Crippen LogP contribution is 2.19. The lowest BCUT2D eigenvalue weighted by Gasteiger charge is -2.24. The van der Waals surface area contributed by atoms with Crippen molar-refractivity contribution in [1.82, 2.24) is 14.6 Å². The van der Waals surface area contributed by atoms with Crippen LogP contribution in [-0.4, -0.2) is 36.8 Å². The fraction of sp³-hybridized carbons (Fsp3) is 0.714. The number of aromatic amines is 1. The smallest absolute Gasteiger partial charge is 0.244 e. The number of nitrogens with zero attached hydrogens (tertiary/aromatic N) is 1. The van der Waals surface area contributed by atoms with E-state index in [4.69, 9.17) is 0 Å². The molecule has 0 aliphatic rings. The second-order valence-corrected chi connectivity index (χ2v) is 7.14. The summed E-state index contributed by atoms with van der Waals surface area (Å²) in [7, 11) is -3.40. The molecule has 1 aromatic heterocycles. The molecule has 0 aliphatic carbocycles. The molecule has 1 rings (SSSR count). The van der Waals surface area contributed by atoms with Crippen LogP contribution in [0.25, 0.3) is 0 Å². The van der Waals surface area contributed by atoms with Crippen molar-refractivity contribution in [3.05, 3.63) is 18.0 Å². The number of aromatic nitrogens is 1. The minimum Gasteiger partial charge on any atom is -0.363 e. The van der Waals surface area contributed by atoms with E-state index in [-0.39, 0.29) is 6.04 Å². The summed E-state index contributed by atoms with van der Waals surface area (Å²) >= 11 is 0. The van der Waals surface area contributed by atoms with Crippen LogP contribution in [0.1, 0.15) is 46.2 Å². The zero-order valence-electron chi connectivity index (χ0n) is 12.9. The van der Waals surface area contributed by atoms with E-state index in [1.54, 1.807) is 16.6 Å². The molecule has 0 atom stereocenters. The molecule has 0 radical (unpaired) electrons. The van der Waals surface area contributed by atoms with Gasteiger partial charge in [-0.15, -0.1) is 0 Å². The maximum Gasteiger partial charge on any atom is 0.244 e. The van der Waals surface area contributed by atoms with Crippen LogP contribution < -0.4 is 5.32 Å². The molecule has 0 aromatic carbocycles. The van der Waals surface area contributed by atoms with Crippen LogP contribution in [-0.2, 0) is 16.6 Å². The lowest BCUT2D eigenvalue weighted by atomic mass is 10.4. The van der Waals surface area contributed by atoms with Gasteiger partial charge in [0.05, 0.1) is 4.90 Å². The quantitative estimate of drug-likeness (QED) is 0.688. The Morgan fingerprint density at radius 3 is 2.55 bits per heavy atom. The highest BCUT2D eigenvalue weighted by Gasteiger charge is 2.27. The van der Waals surface area contributed by atoms with Gasteiger partial charge in [-0.2, -0.15) is 4.31 Å². The third-order valence-electron chi connectivity index (χ3n) is 3.09. The largest absolute Gasteiger partial charge is 0.363 e. The molecule has 0 aliphatic heterocycles. The van der Waals surface area contributed by atoms with Crippen molar-refractivity contribution < 1.29 is 8.42 Å². The Balaban J connectivity index is 2.86. The molecular formula is C14H27N3O2S. The first kappa shape index (κ1) is 17.2. The van der Waals surface area contributed by atoms with Crippen molar-refractivity contribution in [2.24, 2.45) is 0 Å².